The van der Waals surface area contributed by atoms with E-state index in [1.165, 1.54) is 36.0 Å². The van der Waals surface area contributed by atoms with Crippen molar-refractivity contribution in [2.24, 2.45) is 0 Å². The summed E-state index contributed by atoms with van der Waals surface area (Å²) in [7, 11) is 0. The van der Waals surface area contributed by atoms with Crippen LogP contribution >= 0.6 is 0 Å². The van der Waals surface area contributed by atoms with E-state index in [9.17, 15) is 0 Å². The van der Waals surface area contributed by atoms with Crippen LogP contribution in [0, 0.1) is 6.92 Å². The average molecular weight is 325 g/mol. The zero-order chi connectivity index (χ0) is 17.0. The maximum Gasteiger partial charge on any atom is 0.123 e. The van der Waals surface area contributed by atoms with E-state index in [0.29, 0.717) is 0 Å². The lowest BCUT2D eigenvalue weighted by molar-refractivity contribution is 0.301. The zero-order valence-corrected chi connectivity index (χ0v) is 15.2. The van der Waals surface area contributed by atoms with Crippen molar-refractivity contribution in [3.8, 4) is 5.75 Å². The second kappa shape index (κ2) is 10.9. The molecule has 0 heterocycles. The van der Waals surface area contributed by atoms with E-state index < -0.39 is 0 Å². The van der Waals surface area contributed by atoms with Crippen LogP contribution in [0.4, 0.5) is 0 Å². The lowest BCUT2D eigenvalue weighted by Crippen LogP contribution is -2.17. The predicted octanol–water partition coefficient (Wildman–Crippen LogP) is 5.29. The van der Waals surface area contributed by atoms with Gasteiger partial charge in [0.1, 0.15) is 5.75 Å². The quantitative estimate of drug-likeness (QED) is 0.567. The van der Waals surface area contributed by atoms with Gasteiger partial charge in [0.15, 0.2) is 0 Å². The number of rotatable bonds is 11. The molecule has 0 bridgehead atoms. The summed E-state index contributed by atoms with van der Waals surface area (Å²) in [5, 5.41) is 3.55. The molecule has 0 aromatic heterocycles. The van der Waals surface area contributed by atoms with Crippen molar-refractivity contribution in [1.29, 1.82) is 0 Å². The van der Waals surface area contributed by atoms with Gasteiger partial charge in [0.25, 0.3) is 0 Å². The van der Waals surface area contributed by atoms with Crippen LogP contribution in [0.15, 0.2) is 48.5 Å². The normalized spacial score (nSPS) is 10.8. The summed E-state index contributed by atoms with van der Waals surface area (Å²) in [5.74, 6) is 1.03. The Bertz CT molecular complexity index is 594. The maximum atomic E-state index is 5.98. The predicted molar refractivity (Wildman–Crippen MR) is 103 cm³/mol. The van der Waals surface area contributed by atoms with Gasteiger partial charge < -0.3 is 10.1 Å². The minimum absolute atomic E-state index is 0.820. The summed E-state index contributed by atoms with van der Waals surface area (Å²) in [6.45, 7) is 7.07. The fourth-order valence-electron chi connectivity index (χ4n) is 2.84. The standard InChI is InChI=1S/C22H31NO/c1-3-4-5-10-17-24-22-14-9-8-13-21(22)18-23-16-15-20-12-7-6-11-19(20)2/h6-9,11-14,23H,3-5,10,15-18H2,1-2H3. The molecule has 0 radical (unpaired) electrons. The van der Waals surface area contributed by atoms with Gasteiger partial charge in [-0.15, -0.1) is 0 Å². The molecular weight excluding hydrogens is 294 g/mol. The summed E-state index contributed by atoms with van der Waals surface area (Å²) in [6.07, 6.45) is 6.02. The number of para-hydroxylation sites is 1. The van der Waals surface area contributed by atoms with E-state index in [-0.39, 0.29) is 0 Å². The van der Waals surface area contributed by atoms with Crippen LogP contribution in [0.25, 0.3) is 0 Å². The maximum absolute atomic E-state index is 5.98. The van der Waals surface area contributed by atoms with Crippen LogP contribution in [-0.4, -0.2) is 13.2 Å². The molecule has 0 aliphatic carbocycles. The molecule has 0 aliphatic rings. The second-order valence-electron chi connectivity index (χ2n) is 6.37. The van der Waals surface area contributed by atoms with Crippen molar-refractivity contribution in [3.05, 3.63) is 65.2 Å². The lowest BCUT2D eigenvalue weighted by atomic mass is 10.1. The SMILES string of the molecule is CCCCCCOc1ccccc1CNCCc1ccccc1C. The average Bonchev–Trinajstić information content (AvgIpc) is 2.61. The van der Waals surface area contributed by atoms with Crippen LogP contribution in [0.5, 0.6) is 5.75 Å². The summed E-state index contributed by atoms with van der Waals surface area (Å²) >= 11 is 0. The molecule has 0 saturated carbocycles. The molecular formula is C22H31NO. The molecule has 0 unspecified atom stereocenters. The van der Waals surface area contributed by atoms with E-state index in [4.69, 9.17) is 4.74 Å². The van der Waals surface area contributed by atoms with Crippen molar-refractivity contribution in [3.63, 3.8) is 0 Å². The third kappa shape index (κ3) is 6.37. The van der Waals surface area contributed by atoms with Gasteiger partial charge in [-0.2, -0.15) is 0 Å². The summed E-state index contributed by atoms with van der Waals surface area (Å²) in [4.78, 5) is 0. The molecule has 1 N–H and O–H groups in total. The highest BCUT2D eigenvalue weighted by molar-refractivity contribution is 5.33. The van der Waals surface area contributed by atoms with Gasteiger partial charge in [-0.25, -0.2) is 0 Å². The summed E-state index contributed by atoms with van der Waals surface area (Å²) in [6, 6.07) is 17.0. The molecule has 130 valence electrons. The Morgan fingerprint density at radius 1 is 0.875 bits per heavy atom. The van der Waals surface area contributed by atoms with Gasteiger partial charge in [0.2, 0.25) is 0 Å². The minimum atomic E-state index is 0.820. The van der Waals surface area contributed by atoms with E-state index >= 15 is 0 Å². The first-order chi connectivity index (χ1) is 11.8. The zero-order valence-electron chi connectivity index (χ0n) is 15.2. The Hall–Kier alpha value is -1.80. The molecule has 0 amide bonds. The highest BCUT2D eigenvalue weighted by Crippen LogP contribution is 2.18. The van der Waals surface area contributed by atoms with Gasteiger partial charge in [0, 0.05) is 12.1 Å². The Labute approximate surface area is 147 Å². The molecule has 24 heavy (non-hydrogen) atoms. The minimum Gasteiger partial charge on any atom is -0.493 e. The van der Waals surface area contributed by atoms with Crippen molar-refractivity contribution in [2.45, 2.75) is 52.5 Å². The van der Waals surface area contributed by atoms with Gasteiger partial charge in [-0.3, -0.25) is 0 Å². The molecule has 0 atom stereocenters. The van der Waals surface area contributed by atoms with Crippen LogP contribution in [-0.2, 0) is 13.0 Å². The number of aryl methyl sites for hydroxylation is 1. The van der Waals surface area contributed by atoms with E-state index in [1.807, 2.05) is 0 Å². The van der Waals surface area contributed by atoms with Crippen molar-refractivity contribution >= 4 is 0 Å². The summed E-state index contributed by atoms with van der Waals surface area (Å²) in [5.41, 5.74) is 4.04. The highest BCUT2D eigenvalue weighted by atomic mass is 16.5. The largest absolute Gasteiger partial charge is 0.493 e. The topological polar surface area (TPSA) is 21.3 Å². The van der Waals surface area contributed by atoms with Crippen LogP contribution in [0.3, 0.4) is 0 Å². The third-order valence-electron chi connectivity index (χ3n) is 4.38. The van der Waals surface area contributed by atoms with E-state index in [2.05, 4.69) is 67.7 Å². The van der Waals surface area contributed by atoms with Crippen LogP contribution in [0.2, 0.25) is 0 Å². The lowest BCUT2D eigenvalue weighted by Gasteiger charge is -2.12. The van der Waals surface area contributed by atoms with Gasteiger partial charge in [-0.1, -0.05) is 68.7 Å². The molecule has 2 aromatic rings. The van der Waals surface area contributed by atoms with Gasteiger partial charge in [0.05, 0.1) is 6.61 Å². The van der Waals surface area contributed by atoms with Crippen LogP contribution in [0.1, 0.15) is 49.3 Å². The first-order valence-corrected chi connectivity index (χ1v) is 9.27. The first kappa shape index (κ1) is 18.5. The van der Waals surface area contributed by atoms with Gasteiger partial charge in [-0.05, 0) is 43.5 Å². The van der Waals surface area contributed by atoms with Crippen molar-refractivity contribution < 1.29 is 4.74 Å². The highest BCUT2D eigenvalue weighted by Gasteiger charge is 2.03. The fourth-order valence-corrected chi connectivity index (χ4v) is 2.84. The Morgan fingerprint density at radius 2 is 1.62 bits per heavy atom. The first-order valence-electron chi connectivity index (χ1n) is 9.27. The number of ether oxygens (including phenoxy) is 1. The number of hydrogen-bond acceptors (Lipinski definition) is 2. The monoisotopic (exact) mass is 325 g/mol. The van der Waals surface area contributed by atoms with Crippen molar-refractivity contribution in [2.75, 3.05) is 13.2 Å². The molecule has 0 aliphatic heterocycles. The van der Waals surface area contributed by atoms with Gasteiger partial charge >= 0.3 is 0 Å². The van der Waals surface area contributed by atoms with Crippen LogP contribution < -0.4 is 10.1 Å². The number of benzene rings is 2. The second-order valence-corrected chi connectivity index (χ2v) is 6.37. The molecule has 0 fully saturated rings. The number of nitrogens with one attached hydrogen (secondary N) is 1. The fraction of sp³-hybridized carbons (Fsp3) is 0.455. The Balaban J connectivity index is 1.75. The van der Waals surface area contributed by atoms with Crippen molar-refractivity contribution in [1.82, 2.24) is 5.32 Å². The molecule has 2 heteroatoms. The molecule has 2 nitrogen and oxygen atoms in total. The molecule has 0 spiro atoms. The molecule has 0 saturated heterocycles. The number of hydrogen-bond donors (Lipinski definition) is 1. The Kier molecular flexibility index (Phi) is 8.40. The summed E-state index contributed by atoms with van der Waals surface area (Å²) < 4.78 is 5.98. The third-order valence-corrected chi connectivity index (χ3v) is 4.38. The Morgan fingerprint density at radius 3 is 2.42 bits per heavy atom. The van der Waals surface area contributed by atoms with E-state index in [0.717, 1.165) is 38.3 Å². The molecule has 2 aromatic carbocycles. The number of unbranched alkanes of at least 4 members (excludes halogenated alkanes) is 3. The smallest absolute Gasteiger partial charge is 0.123 e. The van der Waals surface area contributed by atoms with E-state index in [1.54, 1.807) is 0 Å². The molecule has 2 rings (SSSR count).